The molecule has 0 aliphatic heterocycles. The Kier molecular flexibility index (Phi) is 12.1. The van der Waals surface area contributed by atoms with Crippen LogP contribution < -0.4 is 15.4 Å². The molecule has 3 N–H and O–H groups in total. The van der Waals surface area contributed by atoms with Gasteiger partial charge in [-0.15, -0.1) is 35.3 Å². The number of benzene rings is 1. The van der Waals surface area contributed by atoms with E-state index in [1.54, 1.807) is 11.3 Å². The van der Waals surface area contributed by atoms with Gasteiger partial charge in [-0.1, -0.05) is 19.1 Å². The van der Waals surface area contributed by atoms with Gasteiger partial charge in [0.2, 0.25) is 0 Å². The fraction of sp³-hybridized carbons (Fsp3) is 0.500. The molecule has 156 valence electrons. The van der Waals surface area contributed by atoms with Gasteiger partial charge in [-0.25, -0.2) is 4.98 Å². The Hall–Kier alpha value is -1.39. The molecule has 0 aliphatic rings. The third-order valence-electron chi connectivity index (χ3n) is 3.82. The zero-order chi connectivity index (χ0) is 19.5. The van der Waals surface area contributed by atoms with Gasteiger partial charge in [0, 0.05) is 30.6 Å². The minimum Gasteiger partial charge on any atom is -0.491 e. The Bertz CT molecular complexity index is 724. The van der Waals surface area contributed by atoms with Gasteiger partial charge in [0.1, 0.15) is 18.5 Å². The van der Waals surface area contributed by atoms with Crippen LogP contribution in [0.4, 0.5) is 0 Å². The summed E-state index contributed by atoms with van der Waals surface area (Å²) in [5, 5.41) is 17.7. The van der Waals surface area contributed by atoms with Crippen LogP contribution in [-0.2, 0) is 12.8 Å². The van der Waals surface area contributed by atoms with Gasteiger partial charge in [0.15, 0.2) is 5.96 Å². The van der Waals surface area contributed by atoms with Crippen molar-refractivity contribution in [3.63, 3.8) is 0 Å². The molecule has 1 aromatic carbocycles. The van der Waals surface area contributed by atoms with Crippen molar-refractivity contribution in [2.24, 2.45) is 4.99 Å². The smallest absolute Gasteiger partial charge is 0.191 e. The summed E-state index contributed by atoms with van der Waals surface area (Å²) in [6, 6.07) is 7.78. The number of aryl methyl sites for hydroxylation is 2. The molecule has 0 aliphatic carbocycles. The van der Waals surface area contributed by atoms with Crippen LogP contribution in [0.25, 0.3) is 0 Å². The molecule has 0 amide bonds. The van der Waals surface area contributed by atoms with E-state index in [0.717, 1.165) is 42.3 Å². The summed E-state index contributed by atoms with van der Waals surface area (Å²) in [6.45, 7) is 8.17. The van der Waals surface area contributed by atoms with Crippen LogP contribution in [0.3, 0.4) is 0 Å². The van der Waals surface area contributed by atoms with Crippen LogP contribution in [-0.4, -0.2) is 48.4 Å². The number of hydrogen-bond donors (Lipinski definition) is 3. The number of aromatic nitrogens is 1. The summed E-state index contributed by atoms with van der Waals surface area (Å²) in [5.74, 6) is 1.46. The molecule has 2 rings (SSSR count). The minimum atomic E-state index is -0.660. The first-order valence-electron chi connectivity index (χ1n) is 9.44. The number of ether oxygens (including phenoxy) is 1. The van der Waals surface area contributed by atoms with Gasteiger partial charge >= 0.3 is 0 Å². The maximum atomic E-state index is 10.1. The van der Waals surface area contributed by atoms with Crippen molar-refractivity contribution >= 4 is 41.3 Å². The molecule has 0 saturated carbocycles. The highest BCUT2D eigenvalue weighted by molar-refractivity contribution is 14.0. The maximum Gasteiger partial charge on any atom is 0.191 e. The molecule has 6 nitrogen and oxygen atoms in total. The van der Waals surface area contributed by atoms with Crippen LogP contribution in [0, 0.1) is 6.92 Å². The third-order valence-corrected chi connectivity index (χ3v) is 5.02. The van der Waals surface area contributed by atoms with Gasteiger partial charge in [0.25, 0.3) is 0 Å². The average Bonchev–Trinajstić information content (AvgIpc) is 3.12. The highest BCUT2D eigenvalue weighted by Crippen LogP contribution is 2.13. The lowest BCUT2D eigenvalue weighted by Crippen LogP contribution is -2.39. The molecule has 0 fully saturated rings. The van der Waals surface area contributed by atoms with Crippen LogP contribution >= 0.6 is 35.3 Å². The summed E-state index contributed by atoms with van der Waals surface area (Å²) >= 11 is 1.75. The van der Waals surface area contributed by atoms with Crippen molar-refractivity contribution in [1.82, 2.24) is 15.6 Å². The number of thiazole rings is 1. The van der Waals surface area contributed by atoms with Crippen LogP contribution in [0.2, 0.25) is 0 Å². The number of nitrogens with zero attached hydrogens (tertiary/aromatic N) is 2. The third kappa shape index (κ3) is 9.20. The van der Waals surface area contributed by atoms with Crippen molar-refractivity contribution in [1.29, 1.82) is 0 Å². The second kappa shape index (κ2) is 13.7. The zero-order valence-electron chi connectivity index (χ0n) is 16.8. The molecule has 1 atom stereocenters. The number of halogens is 1. The number of guanidine groups is 1. The van der Waals surface area contributed by atoms with E-state index in [0.29, 0.717) is 5.96 Å². The Balaban J connectivity index is 0.00000392. The summed E-state index contributed by atoms with van der Waals surface area (Å²) in [4.78, 5) is 10.2. The second-order valence-electron chi connectivity index (χ2n) is 6.25. The van der Waals surface area contributed by atoms with E-state index < -0.39 is 6.10 Å². The van der Waals surface area contributed by atoms with E-state index in [1.165, 1.54) is 4.88 Å². The number of rotatable bonds is 10. The number of aliphatic hydroxyl groups excluding tert-OH is 1. The highest BCUT2D eigenvalue weighted by atomic mass is 127. The predicted octanol–water partition coefficient (Wildman–Crippen LogP) is 3.17. The summed E-state index contributed by atoms with van der Waals surface area (Å²) < 4.78 is 5.63. The molecule has 28 heavy (non-hydrogen) atoms. The van der Waals surface area contributed by atoms with E-state index in [9.17, 15) is 5.11 Å². The van der Waals surface area contributed by atoms with E-state index >= 15 is 0 Å². The number of nitrogens with one attached hydrogen (secondary N) is 2. The lowest BCUT2D eigenvalue weighted by atomic mass is 10.2. The predicted molar refractivity (Wildman–Crippen MR) is 127 cm³/mol. The average molecular weight is 518 g/mol. The van der Waals surface area contributed by atoms with Crippen LogP contribution in [0.1, 0.15) is 29.3 Å². The molecule has 1 aromatic heterocycles. The summed E-state index contributed by atoms with van der Waals surface area (Å²) in [6.07, 6.45) is 3.17. The molecule has 1 unspecified atom stereocenters. The lowest BCUT2D eigenvalue weighted by Gasteiger charge is -2.13. The van der Waals surface area contributed by atoms with Gasteiger partial charge in [0.05, 0.1) is 11.6 Å². The molecule has 0 saturated heterocycles. The van der Waals surface area contributed by atoms with E-state index in [2.05, 4.69) is 27.5 Å². The summed E-state index contributed by atoms with van der Waals surface area (Å²) in [7, 11) is 0. The largest absolute Gasteiger partial charge is 0.491 e. The maximum absolute atomic E-state index is 10.1. The van der Waals surface area contributed by atoms with Crippen molar-refractivity contribution in [2.75, 3.05) is 26.2 Å². The monoisotopic (exact) mass is 518 g/mol. The molecule has 0 spiro atoms. The van der Waals surface area contributed by atoms with Crippen LogP contribution in [0.15, 0.2) is 35.5 Å². The molecule has 1 heterocycles. The van der Waals surface area contributed by atoms with Gasteiger partial charge < -0.3 is 20.5 Å². The van der Waals surface area contributed by atoms with Gasteiger partial charge in [-0.3, -0.25) is 4.99 Å². The minimum absolute atomic E-state index is 0. The zero-order valence-corrected chi connectivity index (χ0v) is 19.9. The number of aliphatic hydroxyl groups is 1. The Morgan fingerprint density at radius 1 is 1.32 bits per heavy atom. The van der Waals surface area contributed by atoms with Crippen molar-refractivity contribution in [3.8, 4) is 5.75 Å². The van der Waals surface area contributed by atoms with E-state index in [4.69, 9.17) is 4.74 Å². The van der Waals surface area contributed by atoms with Gasteiger partial charge in [-0.05, 0) is 38.0 Å². The molecular formula is C20H31IN4O2S. The fourth-order valence-electron chi connectivity index (χ4n) is 2.40. The standard InChI is InChI=1S/C20H30N4O2S.HI/c1-4-18-13-23-19(27-18)9-10-22-20(21-5-2)24-12-16(25)14-26-17-8-6-7-15(3)11-17;/h6-8,11,13,16,25H,4-5,9-10,12,14H2,1-3H3,(H2,21,22,24);1H. The van der Waals surface area contributed by atoms with E-state index in [-0.39, 0.29) is 37.1 Å². The number of aliphatic imine (C=N–C) groups is 1. The quantitative estimate of drug-likeness (QED) is 0.256. The lowest BCUT2D eigenvalue weighted by molar-refractivity contribution is 0.114. The van der Waals surface area contributed by atoms with Crippen molar-refractivity contribution in [3.05, 3.63) is 45.9 Å². The Morgan fingerprint density at radius 3 is 2.82 bits per heavy atom. The Morgan fingerprint density at radius 2 is 2.14 bits per heavy atom. The van der Waals surface area contributed by atoms with Crippen molar-refractivity contribution in [2.45, 2.75) is 39.7 Å². The van der Waals surface area contributed by atoms with Gasteiger partial charge in [-0.2, -0.15) is 0 Å². The number of hydrogen-bond acceptors (Lipinski definition) is 5. The molecule has 0 radical (unpaired) electrons. The molecule has 2 aromatic rings. The summed E-state index contributed by atoms with van der Waals surface area (Å²) in [5.41, 5.74) is 1.13. The fourth-order valence-corrected chi connectivity index (χ4v) is 3.27. The first-order chi connectivity index (χ1) is 13.1. The molecule has 0 bridgehead atoms. The first kappa shape index (κ1) is 24.6. The highest BCUT2D eigenvalue weighted by Gasteiger charge is 2.07. The normalized spacial score (nSPS) is 12.2. The SMILES string of the molecule is CCNC(=NCC(O)COc1cccc(C)c1)NCCc1ncc(CC)s1.I. The first-order valence-corrected chi connectivity index (χ1v) is 10.3. The molecular weight excluding hydrogens is 487 g/mol. The topological polar surface area (TPSA) is 78.8 Å². The van der Waals surface area contributed by atoms with E-state index in [1.807, 2.05) is 44.3 Å². The second-order valence-corrected chi connectivity index (χ2v) is 7.45. The van der Waals surface area contributed by atoms with Crippen molar-refractivity contribution < 1.29 is 9.84 Å². The molecule has 8 heteroatoms. The Labute approximate surface area is 188 Å². The van der Waals surface area contributed by atoms with Crippen LogP contribution in [0.5, 0.6) is 5.75 Å².